The van der Waals surface area contributed by atoms with Gasteiger partial charge in [0.1, 0.15) is 5.69 Å². The van der Waals surface area contributed by atoms with Crippen LogP contribution in [-0.2, 0) is 13.6 Å². The smallest absolute Gasteiger partial charge is 0.156 e. The lowest BCUT2D eigenvalue weighted by atomic mass is 10.1. The fourth-order valence-electron chi connectivity index (χ4n) is 2.53. The van der Waals surface area contributed by atoms with Gasteiger partial charge in [-0.1, -0.05) is 17.3 Å². The maximum absolute atomic E-state index is 5.46. The van der Waals surface area contributed by atoms with E-state index in [1.54, 1.807) is 10.9 Å². The second-order valence-electron chi connectivity index (χ2n) is 5.73. The molecule has 0 radical (unpaired) electrons. The summed E-state index contributed by atoms with van der Waals surface area (Å²) in [5.74, 6) is 0.835. The van der Waals surface area contributed by atoms with Gasteiger partial charge in [-0.2, -0.15) is 5.10 Å². The molecule has 5 nitrogen and oxygen atoms in total. The Labute approximate surface area is 130 Å². The van der Waals surface area contributed by atoms with Crippen molar-refractivity contribution >= 4 is 5.69 Å². The SMILES string of the molecule is Cc1ccc(C)c(N(C)Cc2cc(-c3cnn(C)c3)no2)c1. The first-order valence-corrected chi connectivity index (χ1v) is 7.26. The van der Waals surface area contributed by atoms with Crippen LogP contribution in [0.25, 0.3) is 11.3 Å². The van der Waals surface area contributed by atoms with E-state index in [1.165, 1.54) is 16.8 Å². The monoisotopic (exact) mass is 296 g/mol. The molecule has 0 saturated heterocycles. The van der Waals surface area contributed by atoms with Crippen LogP contribution >= 0.6 is 0 Å². The summed E-state index contributed by atoms with van der Waals surface area (Å²) in [7, 11) is 3.95. The molecule has 114 valence electrons. The predicted molar refractivity (Wildman–Crippen MR) is 86.7 cm³/mol. The third kappa shape index (κ3) is 2.88. The van der Waals surface area contributed by atoms with E-state index < -0.39 is 0 Å². The molecule has 0 spiro atoms. The summed E-state index contributed by atoms with van der Waals surface area (Å²) >= 11 is 0. The molecule has 22 heavy (non-hydrogen) atoms. The molecular weight excluding hydrogens is 276 g/mol. The molecule has 0 atom stereocenters. The van der Waals surface area contributed by atoms with E-state index in [-0.39, 0.29) is 0 Å². The number of anilines is 1. The lowest BCUT2D eigenvalue weighted by Gasteiger charge is -2.20. The van der Waals surface area contributed by atoms with E-state index in [0.29, 0.717) is 6.54 Å². The first kappa shape index (κ1) is 14.4. The second-order valence-corrected chi connectivity index (χ2v) is 5.73. The quantitative estimate of drug-likeness (QED) is 0.741. The molecule has 0 bridgehead atoms. The van der Waals surface area contributed by atoms with E-state index in [2.05, 4.69) is 54.2 Å². The van der Waals surface area contributed by atoms with Gasteiger partial charge in [-0.3, -0.25) is 4.68 Å². The van der Waals surface area contributed by atoms with Gasteiger partial charge in [-0.15, -0.1) is 0 Å². The Morgan fingerprint density at radius 2 is 2.05 bits per heavy atom. The van der Waals surface area contributed by atoms with E-state index in [0.717, 1.165) is 17.0 Å². The minimum absolute atomic E-state index is 0.678. The normalized spacial score (nSPS) is 10.9. The van der Waals surface area contributed by atoms with Crippen LogP contribution in [-0.4, -0.2) is 22.0 Å². The van der Waals surface area contributed by atoms with Crippen molar-refractivity contribution in [1.29, 1.82) is 0 Å². The highest BCUT2D eigenvalue weighted by Crippen LogP contribution is 2.24. The average Bonchev–Trinajstić information content (AvgIpc) is 3.10. The van der Waals surface area contributed by atoms with Gasteiger partial charge in [-0.25, -0.2) is 0 Å². The molecule has 2 heterocycles. The summed E-state index contributed by atoms with van der Waals surface area (Å²) in [6.45, 7) is 4.90. The molecule has 0 saturated carbocycles. The molecule has 0 fully saturated rings. The zero-order valence-electron chi connectivity index (χ0n) is 13.4. The molecule has 2 aromatic heterocycles. The lowest BCUT2D eigenvalue weighted by Crippen LogP contribution is -2.17. The van der Waals surface area contributed by atoms with Gasteiger partial charge in [0, 0.05) is 37.6 Å². The highest BCUT2D eigenvalue weighted by Gasteiger charge is 2.12. The number of hydrogen-bond donors (Lipinski definition) is 0. The number of aryl methyl sites for hydroxylation is 3. The van der Waals surface area contributed by atoms with Crippen molar-refractivity contribution < 1.29 is 4.52 Å². The number of benzene rings is 1. The van der Waals surface area contributed by atoms with Crippen LogP contribution < -0.4 is 4.90 Å². The van der Waals surface area contributed by atoms with Crippen molar-refractivity contribution in [3.63, 3.8) is 0 Å². The van der Waals surface area contributed by atoms with Crippen LogP contribution in [0.3, 0.4) is 0 Å². The number of nitrogens with zero attached hydrogens (tertiary/aromatic N) is 4. The standard InChI is InChI=1S/C17H20N4O/c1-12-5-6-13(2)17(7-12)20(3)11-15-8-16(19-22-15)14-9-18-21(4)10-14/h5-10H,11H2,1-4H3. The van der Waals surface area contributed by atoms with Gasteiger partial charge >= 0.3 is 0 Å². The van der Waals surface area contributed by atoms with E-state index >= 15 is 0 Å². The van der Waals surface area contributed by atoms with E-state index in [4.69, 9.17) is 4.52 Å². The van der Waals surface area contributed by atoms with Gasteiger partial charge in [-0.05, 0) is 31.0 Å². The molecular formula is C17H20N4O. The maximum atomic E-state index is 5.46. The largest absolute Gasteiger partial charge is 0.367 e. The van der Waals surface area contributed by atoms with Gasteiger partial charge in [0.05, 0.1) is 12.7 Å². The topological polar surface area (TPSA) is 47.1 Å². The molecule has 0 aliphatic rings. The highest BCUT2D eigenvalue weighted by atomic mass is 16.5. The lowest BCUT2D eigenvalue weighted by molar-refractivity contribution is 0.385. The Kier molecular flexibility index (Phi) is 3.71. The molecule has 0 aliphatic heterocycles. The van der Waals surface area contributed by atoms with Gasteiger partial charge in [0.2, 0.25) is 0 Å². The second kappa shape index (κ2) is 5.67. The van der Waals surface area contributed by atoms with Gasteiger partial charge in [0.15, 0.2) is 5.76 Å². The molecule has 0 amide bonds. The van der Waals surface area contributed by atoms with Gasteiger partial charge in [0.25, 0.3) is 0 Å². The van der Waals surface area contributed by atoms with Crippen LogP contribution in [0.2, 0.25) is 0 Å². The van der Waals surface area contributed by atoms with Crippen LogP contribution in [0.1, 0.15) is 16.9 Å². The molecule has 0 unspecified atom stereocenters. The predicted octanol–water partition coefficient (Wildman–Crippen LogP) is 3.33. The van der Waals surface area contributed by atoms with Crippen molar-refractivity contribution in [3.05, 3.63) is 53.5 Å². The molecule has 0 aliphatic carbocycles. The number of aromatic nitrogens is 3. The van der Waals surface area contributed by atoms with E-state index in [1.807, 2.05) is 19.3 Å². The number of hydrogen-bond acceptors (Lipinski definition) is 4. The van der Waals surface area contributed by atoms with E-state index in [9.17, 15) is 0 Å². The highest BCUT2D eigenvalue weighted by molar-refractivity contribution is 5.57. The summed E-state index contributed by atoms with van der Waals surface area (Å²) < 4.78 is 7.22. The van der Waals surface area contributed by atoms with Crippen molar-refractivity contribution in [2.24, 2.45) is 7.05 Å². The number of rotatable bonds is 4. The summed E-state index contributed by atoms with van der Waals surface area (Å²) in [6.07, 6.45) is 3.71. The van der Waals surface area contributed by atoms with Crippen molar-refractivity contribution in [3.8, 4) is 11.3 Å². The zero-order valence-corrected chi connectivity index (χ0v) is 13.4. The van der Waals surface area contributed by atoms with Crippen molar-refractivity contribution in [2.45, 2.75) is 20.4 Å². The fourth-order valence-corrected chi connectivity index (χ4v) is 2.53. The summed E-state index contributed by atoms with van der Waals surface area (Å²) in [4.78, 5) is 2.18. The third-order valence-corrected chi connectivity index (χ3v) is 3.73. The van der Waals surface area contributed by atoms with Crippen LogP contribution in [0, 0.1) is 13.8 Å². The minimum atomic E-state index is 0.678. The van der Waals surface area contributed by atoms with Crippen LogP contribution in [0.15, 0.2) is 41.2 Å². The van der Waals surface area contributed by atoms with Crippen molar-refractivity contribution in [2.75, 3.05) is 11.9 Å². The summed E-state index contributed by atoms with van der Waals surface area (Å²) in [5, 5.41) is 8.29. The van der Waals surface area contributed by atoms with Crippen LogP contribution in [0.5, 0.6) is 0 Å². The molecule has 0 N–H and O–H groups in total. The average molecular weight is 296 g/mol. The first-order valence-electron chi connectivity index (χ1n) is 7.26. The first-order chi connectivity index (χ1) is 10.5. The zero-order chi connectivity index (χ0) is 15.7. The molecule has 5 heteroatoms. The summed E-state index contributed by atoms with van der Waals surface area (Å²) in [6, 6.07) is 8.43. The Morgan fingerprint density at radius 3 is 2.77 bits per heavy atom. The molecule has 3 aromatic rings. The maximum Gasteiger partial charge on any atom is 0.156 e. The molecule has 1 aromatic carbocycles. The Hall–Kier alpha value is -2.56. The fraction of sp³-hybridized carbons (Fsp3) is 0.294. The molecule has 3 rings (SSSR count). The summed E-state index contributed by atoms with van der Waals surface area (Å²) in [5.41, 5.74) is 5.49. The minimum Gasteiger partial charge on any atom is -0.367 e. The van der Waals surface area contributed by atoms with Crippen molar-refractivity contribution in [1.82, 2.24) is 14.9 Å². The Morgan fingerprint density at radius 1 is 1.23 bits per heavy atom. The Bertz CT molecular complexity index is 788. The third-order valence-electron chi connectivity index (χ3n) is 3.73. The van der Waals surface area contributed by atoms with Crippen LogP contribution in [0.4, 0.5) is 5.69 Å². The van der Waals surface area contributed by atoms with Gasteiger partial charge < -0.3 is 9.42 Å². The Balaban J connectivity index is 1.78.